The van der Waals surface area contributed by atoms with Crippen molar-refractivity contribution >= 4 is 23.4 Å². The fourth-order valence-corrected chi connectivity index (χ4v) is 3.18. The number of aromatic nitrogens is 1. The molecule has 2 heterocycles. The van der Waals surface area contributed by atoms with Crippen LogP contribution in [0.5, 0.6) is 5.75 Å². The van der Waals surface area contributed by atoms with Crippen molar-refractivity contribution in [3.8, 4) is 5.75 Å². The van der Waals surface area contributed by atoms with Crippen LogP contribution in [0.25, 0.3) is 0 Å². The quantitative estimate of drug-likeness (QED) is 0.680. The first-order valence-electron chi connectivity index (χ1n) is 9.26. The van der Waals surface area contributed by atoms with E-state index in [1.54, 1.807) is 19.2 Å². The van der Waals surface area contributed by atoms with E-state index in [-0.39, 0.29) is 12.4 Å². The van der Waals surface area contributed by atoms with Crippen molar-refractivity contribution in [2.24, 2.45) is 0 Å². The number of amides is 3. The van der Waals surface area contributed by atoms with Crippen molar-refractivity contribution in [2.45, 2.75) is 38.8 Å². The molecule has 1 aliphatic heterocycles. The summed E-state index contributed by atoms with van der Waals surface area (Å²) in [6.45, 7) is 4.38. The summed E-state index contributed by atoms with van der Waals surface area (Å²) in [5, 5.41) is 15.9. The lowest BCUT2D eigenvalue weighted by atomic mass is 9.92. The minimum atomic E-state index is -4.83. The van der Waals surface area contributed by atoms with Crippen molar-refractivity contribution in [1.82, 2.24) is 10.3 Å². The second kappa shape index (κ2) is 8.06. The fraction of sp³-hybridized carbons (Fsp3) is 0.350. The molecule has 3 rings (SSSR count). The summed E-state index contributed by atoms with van der Waals surface area (Å²) in [5.74, 6) is -0.604. The average molecular weight is 438 g/mol. The fourth-order valence-electron chi connectivity index (χ4n) is 3.18. The van der Waals surface area contributed by atoms with Gasteiger partial charge in [-0.1, -0.05) is 12.1 Å². The number of fused-ring (bicyclic) bond motifs is 1. The summed E-state index contributed by atoms with van der Waals surface area (Å²) >= 11 is 0. The molecule has 0 bridgehead atoms. The van der Waals surface area contributed by atoms with Gasteiger partial charge in [-0.25, -0.2) is 9.78 Å². The van der Waals surface area contributed by atoms with E-state index in [1.807, 2.05) is 0 Å². The van der Waals surface area contributed by atoms with E-state index in [4.69, 9.17) is 0 Å². The molecule has 0 unspecified atom stereocenters. The van der Waals surface area contributed by atoms with Gasteiger partial charge in [-0.15, -0.1) is 13.2 Å². The van der Waals surface area contributed by atoms with Gasteiger partial charge in [0.1, 0.15) is 12.3 Å². The highest BCUT2D eigenvalue weighted by molar-refractivity contribution is 6.08. The number of hydrogen-bond acceptors (Lipinski definition) is 5. The largest absolute Gasteiger partial charge is 0.573 e. The number of carbonyl (C=O) groups excluding carboxylic acids is 2. The molecule has 8 nitrogen and oxygen atoms in total. The number of rotatable bonds is 4. The molecule has 166 valence electrons. The Morgan fingerprint density at radius 1 is 1.29 bits per heavy atom. The number of nitrogens with zero attached hydrogens (tertiary/aromatic N) is 2. The van der Waals surface area contributed by atoms with Crippen LogP contribution in [-0.2, 0) is 4.79 Å². The number of pyridine rings is 1. The molecule has 1 aromatic heterocycles. The highest BCUT2D eigenvalue weighted by atomic mass is 19.4. The third-order valence-electron chi connectivity index (χ3n) is 4.50. The third-order valence-corrected chi connectivity index (χ3v) is 4.50. The van der Waals surface area contributed by atoms with Crippen LogP contribution in [0.1, 0.15) is 31.0 Å². The summed E-state index contributed by atoms with van der Waals surface area (Å²) in [7, 11) is 0. The zero-order chi connectivity index (χ0) is 23.0. The molecule has 0 saturated heterocycles. The molecule has 3 amide bonds. The minimum absolute atomic E-state index is 0.242. The molecular formula is C20H21F3N4O4. The number of hydrogen-bond donors (Lipinski definition) is 3. The Hall–Kier alpha value is -3.34. The van der Waals surface area contributed by atoms with E-state index in [9.17, 15) is 27.9 Å². The molecule has 1 atom stereocenters. The van der Waals surface area contributed by atoms with Crippen LogP contribution < -0.4 is 20.3 Å². The lowest BCUT2D eigenvalue weighted by Crippen LogP contribution is -2.51. The molecule has 3 N–H and O–H groups in total. The van der Waals surface area contributed by atoms with Gasteiger partial charge < -0.3 is 20.5 Å². The number of anilines is 2. The summed E-state index contributed by atoms with van der Waals surface area (Å²) in [5.41, 5.74) is 0.0227. The maximum absolute atomic E-state index is 13.0. The summed E-state index contributed by atoms with van der Waals surface area (Å²) in [4.78, 5) is 30.4. The molecule has 2 aromatic rings. The molecule has 0 saturated carbocycles. The van der Waals surface area contributed by atoms with Gasteiger partial charge in [0.2, 0.25) is 5.91 Å². The van der Waals surface area contributed by atoms with Gasteiger partial charge in [0.25, 0.3) is 0 Å². The molecule has 0 aliphatic carbocycles. The van der Waals surface area contributed by atoms with Gasteiger partial charge in [0.05, 0.1) is 17.3 Å². The van der Waals surface area contributed by atoms with Crippen LogP contribution >= 0.6 is 0 Å². The predicted octanol–water partition coefficient (Wildman–Crippen LogP) is 3.27. The second-order valence-electron chi connectivity index (χ2n) is 7.67. The number of carbonyl (C=O) groups is 2. The van der Waals surface area contributed by atoms with Gasteiger partial charge in [-0.05, 0) is 50.1 Å². The summed E-state index contributed by atoms with van der Waals surface area (Å²) < 4.78 is 41.0. The maximum atomic E-state index is 13.0. The second-order valence-corrected chi connectivity index (χ2v) is 7.67. The van der Waals surface area contributed by atoms with Crippen molar-refractivity contribution in [3.63, 3.8) is 0 Å². The Morgan fingerprint density at radius 3 is 2.52 bits per heavy atom. The van der Waals surface area contributed by atoms with Crippen molar-refractivity contribution in [2.75, 3.05) is 16.8 Å². The van der Waals surface area contributed by atoms with Crippen LogP contribution in [0.4, 0.5) is 29.5 Å². The van der Waals surface area contributed by atoms with Crippen LogP contribution in [0.3, 0.4) is 0 Å². The molecule has 0 radical (unpaired) electrons. The van der Waals surface area contributed by atoms with Crippen LogP contribution in [0, 0.1) is 6.92 Å². The molecule has 1 aliphatic rings. The predicted molar refractivity (Wildman–Crippen MR) is 106 cm³/mol. The standard InChI is InChI=1S/C20H21F3N4O4/c1-11-8-14-17(24-9-11)27(10-15(28)25-14)18(29)26-16(19(2,3)30)12-4-6-13(7-5-12)31-20(21,22)23/h4-9,16,30H,10H2,1-3H3,(H,25,28)(H,26,29)/t16-/m1/s1. The molecule has 11 heteroatoms. The Bertz CT molecular complexity index is 987. The smallest absolute Gasteiger partial charge is 0.406 e. The lowest BCUT2D eigenvalue weighted by Gasteiger charge is -2.34. The Kier molecular flexibility index (Phi) is 5.81. The van der Waals surface area contributed by atoms with Crippen LogP contribution in [0.2, 0.25) is 0 Å². The molecule has 31 heavy (non-hydrogen) atoms. The van der Waals surface area contributed by atoms with Crippen LogP contribution in [0.15, 0.2) is 36.5 Å². The van der Waals surface area contributed by atoms with Gasteiger partial charge in [-0.2, -0.15) is 0 Å². The normalized spacial score (nSPS) is 15.1. The monoisotopic (exact) mass is 438 g/mol. The Morgan fingerprint density at radius 2 is 1.94 bits per heavy atom. The first-order chi connectivity index (χ1) is 14.3. The minimum Gasteiger partial charge on any atom is -0.406 e. The number of urea groups is 1. The lowest BCUT2D eigenvalue weighted by molar-refractivity contribution is -0.274. The van der Waals surface area contributed by atoms with E-state index < -0.39 is 35.7 Å². The third kappa shape index (κ3) is 5.43. The molecule has 0 spiro atoms. The number of aryl methyl sites for hydroxylation is 1. The number of halogens is 3. The highest BCUT2D eigenvalue weighted by Gasteiger charge is 2.35. The van der Waals surface area contributed by atoms with E-state index in [0.29, 0.717) is 11.3 Å². The van der Waals surface area contributed by atoms with Crippen LogP contribution in [-0.4, -0.2) is 40.5 Å². The summed E-state index contributed by atoms with van der Waals surface area (Å²) in [6, 6.07) is 4.76. The highest BCUT2D eigenvalue weighted by Crippen LogP contribution is 2.31. The Balaban J connectivity index is 1.86. The summed E-state index contributed by atoms with van der Waals surface area (Å²) in [6.07, 6.45) is -3.29. The van der Waals surface area contributed by atoms with Gasteiger partial charge in [-0.3, -0.25) is 9.69 Å². The van der Waals surface area contributed by atoms with Crippen molar-refractivity contribution in [1.29, 1.82) is 0 Å². The zero-order valence-electron chi connectivity index (χ0n) is 16.9. The van der Waals surface area contributed by atoms with E-state index in [2.05, 4.69) is 20.4 Å². The maximum Gasteiger partial charge on any atom is 0.573 e. The number of aliphatic hydroxyl groups is 1. The number of ether oxygens (including phenoxy) is 1. The topological polar surface area (TPSA) is 104 Å². The number of benzene rings is 1. The van der Waals surface area contributed by atoms with Gasteiger partial charge >= 0.3 is 12.4 Å². The number of nitrogens with one attached hydrogen (secondary N) is 2. The molecule has 0 fully saturated rings. The van der Waals surface area contributed by atoms with Crippen molar-refractivity contribution < 1.29 is 32.6 Å². The average Bonchev–Trinajstić information content (AvgIpc) is 2.63. The Labute approximate surface area is 176 Å². The molecular weight excluding hydrogens is 417 g/mol. The number of alkyl halides is 3. The van der Waals surface area contributed by atoms with Crippen molar-refractivity contribution in [3.05, 3.63) is 47.7 Å². The van der Waals surface area contributed by atoms with E-state index >= 15 is 0 Å². The van der Waals surface area contributed by atoms with Gasteiger partial charge in [0, 0.05) is 6.20 Å². The van der Waals surface area contributed by atoms with E-state index in [1.165, 1.54) is 26.0 Å². The van der Waals surface area contributed by atoms with Gasteiger partial charge in [0.15, 0.2) is 5.82 Å². The van der Waals surface area contributed by atoms with E-state index in [0.717, 1.165) is 22.6 Å². The zero-order valence-corrected chi connectivity index (χ0v) is 16.9. The molecule has 1 aromatic carbocycles. The first kappa shape index (κ1) is 22.3. The first-order valence-corrected chi connectivity index (χ1v) is 9.26. The SMILES string of the molecule is Cc1cnc2c(c1)NC(=O)CN2C(=O)N[C@H](c1ccc(OC(F)(F)F)cc1)C(C)(C)O.